The Kier molecular flexibility index (Phi) is 2.61. The minimum absolute atomic E-state index is 0.00761. The number of hydrogen-bond donors (Lipinski definition) is 0. The van der Waals surface area contributed by atoms with Crippen molar-refractivity contribution >= 4 is 11.6 Å². The zero-order chi connectivity index (χ0) is 9.14. The second kappa shape index (κ2) is 3.51. The molecule has 0 fully saturated rings. The lowest BCUT2D eigenvalue weighted by Gasteiger charge is -1.99. The van der Waals surface area contributed by atoms with E-state index in [2.05, 4.69) is 0 Å². The number of hydrogen-bond acceptors (Lipinski definition) is 1. The predicted octanol–water partition coefficient (Wildman–Crippen LogP) is 2.58. The normalized spacial score (nSPS) is 9.50. The molecule has 0 aliphatic carbocycles. The molecule has 0 N–H and O–H groups in total. The highest BCUT2D eigenvalue weighted by molar-refractivity contribution is 6.17. The van der Waals surface area contributed by atoms with Crippen molar-refractivity contribution in [3.8, 4) is 6.07 Å². The Labute approximate surface area is 73.2 Å². The summed E-state index contributed by atoms with van der Waals surface area (Å²) in [6.45, 7) is 0. The summed E-state index contributed by atoms with van der Waals surface area (Å²) in [7, 11) is 0. The Morgan fingerprint density at radius 3 is 2.58 bits per heavy atom. The monoisotopic (exact) mass is 187 g/mol. The van der Waals surface area contributed by atoms with Gasteiger partial charge in [0.2, 0.25) is 0 Å². The number of nitrogens with zero attached hydrogens (tertiary/aromatic N) is 1. The van der Waals surface area contributed by atoms with Gasteiger partial charge in [-0.3, -0.25) is 0 Å². The smallest absolute Gasteiger partial charge is 0.145 e. The number of benzene rings is 1. The molecule has 1 aromatic rings. The number of nitriles is 1. The maximum absolute atomic E-state index is 13.0. The molecule has 0 heterocycles. The van der Waals surface area contributed by atoms with Crippen LogP contribution in [0.15, 0.2) is 12.1 Å². The molecule has 0 bridgehead atoms. The average Bonchev–Trinajstić information content (AvgIpc) is 2.08. The maximum atomic E-state index is 13.0. The van der Waals surface area contributed by atoms with Gasteiger partial charge in [-0.05, 0) is 12.1 Å². The largest absolute Gasteiger partial charge is 0.207 e. The van der Waals surface area contributed by atoms with Gasteiger partial charge in [-0.2, -0.15) is 5.26 Å². The molecule has 62 valence electrons. The Balaban J connectivity index is 3.34. The molecule has 0 saturated heterocycles. The molecule has 0 aromatic heterocycles. The van der Waals surface area contributed by atoms with Gasteiger partial charge in [0, 0.05) is 5.56 Å². The molecule has 1 aromatic carbocycles. The van der Waals surface area contributed by atoms with Gasteiger partial charge in [0.25, 0.3) is 0 Å². The molecule has 0 amide bonds. The Morgan fingerprint density at radius 2 is 2.08 bits per heavy atom. The van der Waals surface area contributed by atoms with Crippen LogP contribution in [0.1, 0.15) is 11.1 Å². The van der Waals surface area contributed by atoms with E-state index in [9.17, 15) is 8.78 Å². The fourth-order valence-electron chi connectivity index (χ4n) is 0.824. The summed E-state index contributed by atoms with van der Waals surface area (Å²) >= 11 is 5.32. The fraction of sp³-hybridized carbons (Fsp3) is 0.125. The summed E-state index contributed by atoms with van der Waals surface area (Å²) in [6, 6.07) is 3.35. The highest BCUT2D eigenvalue weighted by Crippen LogP contribution is 2.16. The minimum Gasteiger partial charge on any atom is -0.207 e. The van der Waals surface area contributed by atoms with Crippen LogP contribution in [0.2, 0.25) is 0 Å². The molecule has 0 aliphatic heterocycles. The van der Waals surface area contributed by atoms with Crippen LogP contribution in [0.4, 0.5) is 8.78 Å². The number of halogens is 3. The molecule has 0 spiro atoms. The zero-order valence-electron chi connectivity index (χ0n) is 5.94. The summed E-state index contributed by atoms with van der Waals surface area (Å²) < 4.78 is 25.6. The molecule has 12 heavy (non-hydrogen) atoms. The summed E-state index contributed by atoms with van der Waals surface area (Å²) in [5.74, 6) is -1.53. The van der Waals surface area contributed by atoms with E-state index in [-0.39, 0.29) is 17.0 Å². The van der Waals surface area contributed by atoms with Gasteiger partial charge in [-0.15, -0.1) is 11.6 Å². The lowest BCUT2D eigenvalue weighted by molar-refractivity contribution is 0.587. The van der Waals surface area contributed by atoms with Crippen LogP contribution in [0.25, 0.3) is 0 Å². The van der Waals surface area contributed by atoms with Crippen molar-refractivity contribution in [3.63, 3.8) is 0 Å². The molecule has 0 atom stereocenters. The highest BCUT2D eigenvalue weighted by atomic mass is 35.5. The van der Waals surface area contributed by atoms with Crippen LogP contribution in [-0.4, -0.2) is 0 Å². The van der Waals surface area contributed by atoms with E-state index in [1.54, 1.807) is 0 Å². The van der Waals surface area contributed by atoms with Crippen LogP contribution in [0.3, 0.4) is 0 Å². The van der Waals surface area contributed by atoms with Crippen LogP contribution < -0.4 is 0 Å². The molecule has 1 rings (SSSR count). The molecule has 4 heteroatoms. The number of rotatable bonds is 1. The van der Waals surface area contributed by atoms with Gasteiger partial charge in [-0.25, -0.2) is 8.78 Å². The van der Waals surface area contributed by atoms with E-state index in [0.29, 0.717) is 0 Å². The van der Waals surface area contributed by atoms with Crippen LogP contribution in [0.5, 0.6) is 0 Å². The standard InChI is InChI=1S/C8H4ClF2N/c9-3-5-1-7(10)2-6(4-12)8(5)11/h1-2H,3H2. The van der Waals surface area contributed by atoms with Gasteiger partial charge in [-0.1, -0.05) is 0 Å². The van der Waals surface area contributed by atoms with Gasteiger partial charge in [0.15, 0.2) is 0 Å². The quantitative estimate of drug-likeness (QED) is 0.620. The number of alkyl halides is 1. The van der Waals surface area contributed by atoms with E-state index in [0.717, 1.165) is 12.1 Å². The third kappa shape index (κ3) is 1.54. The molecular formula is C8H4ClF2N. The minimum atomic E-state index is -0.742. The van der Waals surface area contributed by atoms with Gasteiger partial charge in [0.1, 0.15) is 17.7 Å². The Hall–Kier alpha value is -1.14. The van der Waals surface area contributed by atoms with Crippen LogP contribution in [-0.2, 0) is 5.88 Å². The Bertz CT molecular complexity index is 344. The molecule has 0 unspecified atom stereocenters. The van der Waals surface area contributed by atoms with Crippen molar-refractivity contribution in [1.82, 2.24) is 0 Å². The van der Waals surface area contributed by atoms with E-state index < -0.39 is 11.6 Å². The van der Waals surface area contributed by atoms with E-state index >= 15 is 0 Å². The second-order valence-electron chi connectivity index (χ2n) is 2.17. The maximum Gasteiger partial charge on any atom is 0.145 e. The summed E-state index contributed by atoms with van der Waals surface area (Å²) in [5, 5.41) is 8.36. The molecule has 0 radical (unpaired) electrons. The van der Waals surface area contributed by atoms with Gasteiger partial charge in [0.05, 0.1) is 11.4 Å². The van der Waals surface area contributed by atoms with Crippen molar-refractivity contribution < 1.29 is 8.78 Å². The highest BCUT2D eigenvalue weighted by Gasteiger charge is 2.09. The first-order chi connectivity index (χ1) is 5.69. The van der Waals surface area contributed by atoms with Crippen molar-refractivity contribution in [2.24, 2.45) is 0 Å². The van der Waals surface area contributed by atoms with Crippen LogP contribution >= 0.6 is 11.6 Å². The van der Waals surface area contributed by atoms with Gasteiger partial charge >= 0.3 is 0 Å². The van der Waals surface area contributed by atoms with Crippen molar-refractivity contribution in [2.75, 3.05) is 0 Å². The fourth-order valence-corrected chi connectivity index (χ4v) is 1.02. The predicted molar refractivity (Wildman–Crippen MR) is 40.6 cm³/mol. The SMILES string of the molecule is N#Cc1cc(F)cc(CCl)c1F. The van der Waals surface area contributed by atoms with Crippen LogP contribution in [0, 0.1) is 23.0 Å². The van der Waals surface area contributed by atoms with E-state index in [4.69, 9.17) is 16.9 Å². The van der Waals surface area contributed by atoms with Gasteiger partial charge < -0.3 is 0 Å². The first kappa shape index (κ1) is 8.95. The van der Waals surface area contributed by atoms with Crippen molar-refractivity contribution in [2.45, 2.75) is 5.88 Å². The average molecular weight is 188 g/mol. The zero-order valence-corrected chi connectivity index (χ0v) is 6.70. The molecule has 0 saturated carbocycles. The molecule has 1 nitrogen and oxygen atoms in total. The first-order valence-corrected chi connectivity index (χ1v) is 3.66. The second-order valence-corrected chi connectivity index (χ2v) is 2.44. The summed E-state index contributed by atoms with van der Waals surface area (Å²) in [6.07, 6.45) is 0. The Morgan fingerprint density at radius 1 is 1.42 bits per heavy atom. The third-order valence-electron chi connectivity index (χ3n) is 1.38. The molecule has 0 aliphatic rings. The summed E-state index contributed by atoms with van der Waals surface area (Å²) in [4.78, 5) is 0. The lowest BCUT2D eigenvalue weighted by Crippen LogP contribution is -1.93. The third-order valence-corrected chi connectivity index (χ3v) is 1.67. The molecular weight excluding hydrogens is 184 g/mol. The van der Waals surface area contributed by atoms with Crippen molar-refractivity contribution in [1.29, 1.82) is 5.26 Å². The lowest BCUT2D eigenvalue weighted by atomic mass is 10.1. The first-order valence-electron chi connectivity index (χ1n) is 3.13. The van der Waals surface area contributed by atoms with E-state index in [1.165, 1.54) is 6.07 Å². The van der Waals surface area contributed by atoms with E-state index in [1.807, 2.05) is 0 Å². The van der Waals surface area contributed by atoms with Crippen molar-refractivity contribution in [3.05, 3.63) is 34.9 Å². The topological polar surface area (TPSA) is 23.8 Å². The summed E-state index contributed by atoms with van der Waals surface area (Å²) in [5.41, 5.74) is -0.307.